The SMILES string of the molecule is [B]C[SiH](c1ccccc1)C1CCCCO1. The molecule has 1 aromatic carbocycles. The van der Waals surface area contributed by atoms with E-state index in [1.54, 1.807) is 0 Å². The molecule has 0 N–H and O–H groups in total. The fourth-order valence-corrected chi connectivity index (χ4v) is 5.01. The van der Waals surface area contributed by atoms with Gasteiger partial charge in [-0.15, -0.1) is 0 Å². The molecule has 1 aliphatic heterocycles. The van der Waals surface area contributed by atoms with Crippen LogP contribution in [0.1, 0.15) is 19.3 Å². The first-order valence-electron chi connectivity index (χ1n) is 5.78. The van der Waals surface area contributed by atoms with E-state index in [9.17, 15) is 0 Å². The lowest BCUT2D eigenvalue weighted by Crippen LogP contribution is -2.45. The van der Waals surface area contributed by atoms with Gasteiger partial charge in [0.1, 0.15) is 0 Å². The highest BCUT2D eigenvalue weighted by molar-refractivity contribution is 6.78. The molecule has 15 heavy (non-hydrogen) atoms. The zero-order valence-electron chi connectivity index (χ0n) is 9.06. The molecule has 78 valence electrons. The van der Waals surface area contributed by atoms with Crippen LogP contribution in [0.5, 0.6) is 0 Å². The molecule has 3 heteroatoms. The third-order valence-corrected chi connectivity index (χ3v) is 6.32. The van der Waals surface area contributed by atoms with E-state index in [4.69, 9.17) is 12.6 Å². The number of ether oxygens (including phenoxy) is 1. The highest BCUT2D eigenvalue weighted by Gasteiger charge is 2.25. The molecule has 1 fully saturated rings. The van der Waals surface area contributed by atoms with Gasteiger partial charge in [-0.2, -0.15) is 0 Å². The fraction of sp³-hybridized carbons (Fsp3) is 0.500. The van der Waals surface area contributed by atoms with E-state index in [1.807, 2.05) is 0 Å². The van der Waals surface area contributed by atoms with E-state index in [1.165, 1.54) is 24.4 Å². The van der Waals surface area contributed by atoms with Crippen molar-refractivity contribution in [3.05, 3.63) is 30.3 Å². The summed E-state index contributed by atoms with van der Waals surface area (Å²) in [6, 6.07) is 10.7. The van der Waals surface area contributed by atoms with E-state index >= 15 is 0 Å². The van der Waals surface area contributed by atoms with Gasteiger partial charge in [0.05, 0.1) is 16.6 Å². The number of hydrogen-bond donors (Lipinski definition) is 0. The van der Waals surface area contributed by atoms with Crippen molar-refractivity contribution < 1.29 is 4.74 Å². The van der Waals surface area contributed by atoms with Crippen molar-refractivity contribution in [1.29, 1.82) is 0 Å². The van der Waals surface area contributed by atoms with Gasteiger partial charge in [0.15, 0.2) is 0 Å². The molecule has 0 aromatic heterocycles. The molecule has 0 bridgehead atoms. The summed E-state index contributed by atoms with van der Waals surface area (Å²) in [7, 11) is 4.82. The van der Waals surface area contributed by atoms with E-state index in [2.05, 4.69) is 30.3 Å². The topological polar surface area (TPSA) is 9.23 Å². The highest BCUT2D eigenvalue weighted by Crippen LogP contribution is 2.16. The Morgan fingerprint density at radius 3 is 2.67 bits per heavy atom. The zero-order chi connectivity index (χ0) is 10.5. The van der Waals surface area contributed by atoms with Gasteiger partial charge in [-0.05, 0) is 19.3 Å². The summed E-state index contributed by atoms with van der Waals surface area (Å²) in [6.45, 7) is 0.932. The van der Waals surface area contributed by atoms with Crippen molar-refractivity contribution in [2.45, 2.75) is 30.9 Å². The second-order valence-electron chi connectivity index (χ2n) is 4.16. The Morgan fingerprint density at radius 2 is 2.07 bits per heavy atom. The first kappa shape index (κ1) is 11.0. The summed E-state index contributed by atoms with van der Waals surface area (Å²) in [6.07, 6.45) is 3.74. The number of rotatable bonds is 3. The molecule has 1 saturated heterocycles. The van der Waals surface area contributed by atoms with Gasteiger partial charge in [-0.1, -0.05) is 41.5 Å². The van der Waals surface area contributed by atoms with E-state index < -0.39 is 8.80 Å². The van der Waals surface area contributed by atoms with E-state index in [0.29, 0.717) is 5.73 Å². The van der Waals surface area contributed by atoms with Crippen LogP contribution in [0.25, 0.3) is 0 Å². The molecular weight excluding hydrogens is 199 g/mol. The summed E-state index contributed by atoms with van der Waals surface area (Å²) in [5, 5.41) is 1.45. The monoisotopic (exact) mass is 216 g/mol. The molecule has 0 spiro atoms. The minimum Gasteiger partial charge on any atom is -0.382 e. The van der Waals surface area contributed by atoms with Gasteiger partial charge in [0, 0.05) is 12.3 Å². The van der Waals surface area contributed by atoms with Gasteiger partial charge in [0.25, 0.3) is 0 Å². The minimum absolute atomic E-state index is 0.464. The van der Waals surface area contributed by atoms with Crippen molar-refractivity contribution in [3.63, 3.8) is 0 Å². The highest BCUT2D eigenvalue weighted by atomic mass is 28.3. The summed E-state index contributed by atoms with van der Waals surface area (Å²) in [5.74, 6) is 0.814. The predicted octanol–water partition coefficient (Wildman–Crippen LogP) is 1.36. The molecule has 2 radical (unpaired) electrons. The van der Waals surface area contributed by atoms with Crippen molar-refractivity contribution in [2.24, 2.45) is 0 Å². The van der Waals surface area contributed by atoms with Crippen molar-refractivity contribution >= 4 is 21.8 Å². The molecule has 1 aromatic rings. The van der Waals surface area contributed by atoms with Crippen molar-refractivity contribution in [1.82, 2.24) is 0 Å². The van der Waals surface area contributed by atoms with Gasteiger partial charge < -0.3 is 4.74 Å². The van der Waals surface area contributed by atoms with Crippen LogP contribution < -0.4 is 5.19 Å². The number of benzene rings is 1. The summed E-state index contributed by atoms with van der Waals surface area (Å²) in [4.78, 5) is 0. The van der Waals surface area contributed by atoms with Crippen LogP contribution in [0.2, 0.25) is 5.94 Å². The van der Waals surface area contributed by atoms with E-state index in [0.717, 1.165) is 12.6 Å². The third-order valence-electron chi connectivity index (χ3n) is 3.15. The van der Waals surface area contributed by atoms with Crippen LogP contribution in [0.4, 0.5) is 0 Å². The fourth-order valence-electron chi connectivity index (χ4n) is 2.29. The Kier molecular flexibility index (Phi) is 4.03. The lowest BCUT2D eigenvalue weighted by atomic mass is 10.2. The summed E-state index contributed by atoms with van der Waals surface area (Å²) < 4.78 is 5.87. The Hall–Kier alpha value is -0.538. The normalized spacial score (nSPS) is 23.6. The Bertz CT molecular complexity index is 285. The van der Waals surface area contributed by atoms with Gasteiger partial charge >= 0.3 is 0 Å². The summed E-state index contributed by atoms with van der Waals surface area (Å²) >= 11 is 0. The Morgan fingerprint density at radius 1 is 1.27 bits per heavy atom. The molecule has 0 saturated carbocycles. The van der Waals surface area contributed by atoms with Crippen LogP contribution in [0.15, 0.2) is 30.3 Å². The summed E-state index contributed by atoms with van der Waals surface area (Å²) in [5.41, 5.74) is 0.464. The van der Waals surface area contributed by atoms with Gasteiger partial charge in [0.2, 0.25) is 0 Å². The second-order valence-corrected chi connectivity index (χ2v) is 7.25. The van der Waals surface area contributed by atoms with Crippen LogP contribution in [0, 0.1) is 0 Å². The smallest absolute Gasteiger partial charge is 0.0959 e. The van der Waals surface area contributed by atoms with E-state index in [-0.39, 0.29) is 0 Å². The number of hydrogen-bond acceptors (Lipinski definition) is 1. The standard InChI is InChI=1S/C12H17BOSi/c13-10-15(11-6-2-1-3-7-11)12-8-4-5-9-14-12/h1-3,6-7,12,15H,4-5,8-10H2. The Balaban J connectivity index is 2.09. The lowest BCUT2D eigenvalue weighted by Gasteiger charge is -2.29. The maximum atomic E-state index is 5.92. The van der Waals surface area contributed by atoms with Crippen LogP contribution >= 0.6 is 0 Å². The average Bonchev–Trinajstić information content (AvgIpc) is 2.33. The van der Waals surface area contributed by atoms with Crippen LogP contribution in [0.3, 0.4) is 0 Å². The zero-order valence-corrected chi connectivity index (χ0v) is 10.2. The third kappa shape index (κ3) is 2.73. The Labute approximate surface area is 94.9 Å². The van der Waals surface area contributed by atoms with Crippen LogP contribution in [-0.4, -0.2) is 29.0 Å². The maximum absolute atomic E-state index is 5.92. The minimum atomic E-state index is -1.10. The lowest BCUT2D eigenvalue weighted by molar-refractivity contribution is 0.0636. The molecule has 0 amide bonds. The van der Waals surface area contributed by atoms with Crippen molar-refractivity contribution in [3.8, 4) is 0 Å². The maximum Gasteiger partial charge on any atom is 0.0959 e. The van der Waals surface area contributed by atoms with Gasteiger partial charge in [-0.25, -0.2) is 0 Å². The predicted molar refractivity (Wildman–Crippen MR) is 67.4 cm³/mol. The largest absolute Gasteiger partial charge is 0.382 e. The second kappa shape index (κ2) is 5.52. The molecule has 0 aliphatic carbocycles. The van der Waals surface area contributed by atoms with Crippen LogP contribution in [-0.2, 0) is 4.74 Å². The van der Waals surface area contributed by atoms with Crippen molar-refractivity contribution in [2.75, 3.05) is 6.61 Å². The molecule has 2 atom stereocenters. The molecule has 1 aliphatic rings. The molecule has 2 rings (SSSR count). The molecule has 2 unspecified atom stereocenters. The molecule has 1 nitrogen and oxygen atoms in total. The molecular formula is C12H17BOSi. The average molecular weight is 216 g/mol. The quantitative estimate of drug-likeness (QED) is 0.693. The molecule has 1 heterocycles. The first-order chi connectivity index (χ1) is 7.42. The van der Waals surface area contributed by atoms with Gasteiger partial charge in [-0.3, -0.25) is 0 Å². The first-order valence-corrected chi connectivity index (χ1v) is 7.84.